The number of nitro groups is 1. The second-order valence-corrected chi connectivity index (χ2v) is 5.95. The molecule has 5 nitrogen and oxygen atoms in total. The lowest BCUT2D eigenvalue weighted by molar-refractivity contribution is -0.384. The van der Waals surface area contributed by atoms with Crippen molar-refractivity contribution in [1.29, 1.82) is 0 Å². The molecule has 2 aromatic carbocycles. The van der Waals surface area contributed by atoms with Crippen LogP contribution >= 0.6 is 11.8 Å². The molecule has 0 radical (unpaired) electrons. The number of benzene rings is 2. The number of nitro benzene ring substituents is 1. The summed E-state index contributed by atoms with van der Waals surface area (Å²) < 4.78 is 0. The van der Waals surface area contributed by atoms with E-state index in [1.165, 1.54) is 29.5 Å². The van der Waals surface area contributed by atoms with Gasteiger partial charge in [0.05, 0.1) is 10.7 Å². The molecule has 0 heterocycles. The quantitative estimate of drug-likeness (QED) is 0.515. The summed E-state index contributed by atoms with van der Waals surface area (Å²) in [6, 6.07) is 12.3. The van der Waals surface area contributed by atoms with Crippen molar-refractivity contribution in [2.75, 3.05) is 11.1 Å². The number of carbonyl (C=O) groups excluding carboxylic acids is 1. The third kappa shape index (κ3) is 4.33. The molecule has 0 spiro atoms. The van der Waals surface area contributed by atoms with Crippen LogP contribution in [0.1, 0.15) is 11.1 Å². The van der Waals surface area contributed by atoms with Gasteiger partial charge in [0.25, 0.3) is 5.69 Å². The fourth-order valence-corrected chi connectivity index (χ4v) is 2.57. The molecule has 1 N–H and O–H groups in total. The molecular formula is C16H16N2O3S. The predicted octanol–water partition coefficient (Wildman–Crippen LogP) is 3.94. The first-order chi connectivity index (χ1) is 10.5. The van der Waals surface area contributed by atoms with Gasteiger partial charge in [0, 0.05) is 22.7 Å². The summed E-state index contributed by atoms with van der Waals surface area (Å²) in [6.45, 7) is 3.74. The van der Waals surface area contributed by atoms with Crippen LogP contribution in [0.25, 0.3) is 0 Å². The molecule has 6 heteroatoms. The zero-order valence-corrected chi connectivity index (χ0v) is 13.1. The monoisotopic (exact) mass is 316 g/mol. The number of non-ortho nitro benzene ring substituents is 1. The minimum Gasteiger partial charge on any atom is -0.325 e. The van der Waals surface area contributed by atoms with Gasteiger partial charge in [0.2, 0.25) is 5.91 Å². The van der Waals surface area contributed by atoms with Gasteiger partial charge in [-0.15, -0.1) is 11.8 Å². The van der Waals surface area contributed by atoms with Crippen LogP contribution < -0.4 is 5.32 Å². The predicted molar refractivity (Wildman–Crippen MR) is 88.4 cm³/mol. The van der Waals surface area contributed by atoms with Crippen molar-refractivity contribution in [2.24, 2.45) is 0 Å². The fraction of sp³-hybridized carbons (Fsp3) is 0.188. The minimum atomic E-state index is -0.453. The normalized spacial score (nSPS) is 10.3. The lowest BCUT2D eigenvalue weighted by atomic mass is 10.2. The molecule has 0 saturated carbocycles. The highest BCUT2D eigenvalue weighted by Crippen LogP contribution is 2.22. The lowest BCUT2D eigenvalue weighted by Gasteiger charge is -2.08. The number of aryl methyl sites for hydroxylation is 2. The molecule has 0 aliphatic heterocycles. The number of anilines is 1. The Labute approximate surface area is 132 Å². The highest BCUT2D eigenvalue weighted by atomic mass is 32.2. The number of hydrogen-bond donors (Lipinski definition) is 1. The second kappa shape index (κ2) is 7.09. The maximum absolute atomic E-state index is 12.0. The van der Waals surface area contributed by atoms with Crippen LogP contribution in [0.2, 0.25) is 0 Å². The zero-order chi connectivity index (χ0) is 16.1. The largest absolute Gasteiger partial charge is 0.325 e. The highest BCUT2D eigenvalue weighted by molar-refractivity contribution is 8.00. The van der Waals surface area contributed by atoms with E-state index in [0.717, 1.165) is 4.90 Å². The van der Waals surface area contributed by atoms with E-state index in [2.05, 4.69) is 5.32 Å². The fourth-order valence-electron chi connectivity index (χ4n) is 1.87. The smallest absolute Gasteiger partial charge is 0.269 e. The third-order valence-electron chi connectivity index (χ3n) is 3.09. The van der Waals surface area contributed by atoms with Gasteiger partial charge in [0.1, 0.15) is 0 Å². The molecule has 0 aliphatic carbocycles. The summed E-state index contributed by atoms with van der Waals surface area (Å²) in [5.74, 6) is 0.155. The Hall–Kier alpha value is -2.34. The first-order valence-corrected chi connectivity index (χ1v) is 7.68. The van der Waals surface area contributed by atoms with Gasteiger partial charge < -0.3 is 5.32 Å². The number of hydrogen-bond acceptors (Lipinski definition) is 4. The zero-order valence-electron chi connectivity index (χ0n) is 12.3. The van der Waals surface area contributed by atoms with E-state index >= 15 is 0 Å². The van der Waals surface area contributed by atoms with Crippen LogP contribution in [0, 0.1) is 24.0 Å². The number of nitrogens with zero attached hydrogens (tertiary/aromatic N) is 1. The Balaban J connectivity index is 1.94. The Morgan fingerprint density at radius 1 is 1.18 bits per heavy atom. The maximum atomic E-state index is 12.0. The van der Waals surface area contributed by atoms with Gasteiger partial charge in [0.15, 0.2) is 0 Å². The van der Waals surface area contributed by atoms with Crippen molar-refractivity contribution >= 4 is 29.0 Å². The number of amides is 1. The Morgan fingerprint density at radius 3 is 2.45 bits per heavy atom. The Kier molecular flexibility index (Phi) is 5.16. The van der Waals surface area contributed by atoms with Crippen LogP contribution in [0.4, 0.5) is 11.4 Å². The van der Waals surface area contributed by atoms with Gasteiger partial charge in [-0.25, -0.2) is 0 Å². The van der Waals surface area contributed by atoms with E-state index in [9.17, 15) is 14.9 Å². The van der Waals surface area contributed by atoms with Gasteiger partial charge in [-0.1, -0.05) is 17.7 Å². The molecule has 0 saturated heterocycles. The Morgan fingerprint density at radius 2 is 1.86 bits per heavy atom. The molecule has 0 fully saturated rings. The number of rotatable bonds is 5. The minimum absolute atomic E-state index is 0.0181. The summed E-state index contributed by atoms with van der Waals surface area (Å²) in [7, 11) is 0. The Bertz CT molecular complexity index is 699. The topological polar surface area (TPSA) is 72.2 Å². The molecule has 2 rings (SSSR count). The molecule has 0 unspecified atom stereocenters. The summed E-state index contributed by atoms with van der Waals surface area (Å²) in [4.78, 5) is 23.2. The highest BCUT2D eigenvalue weighted by Gasteiger charge is 2.10. The summed E-state index contributed by atoms with van der Waals surface area (Å²) in [5.41, 5.74) is 2.46. The molecule has 0 atom stereocenters. The molecule has 22 heavy (non-hydrogen) atoms. The van der Waals surface area contributed by atoms with Gasteiger partial charge in [-0.3, -0.25) is 14.9 Å². The van der Waals surface area contributed by atoms with E-state index in [-0.39, 0.29) is 11.6 Å². The third-order valence-corrected chi connectivity index (χ3v) is 4.10. The van der Waals surface area contributed by atoms with Gasteiger partial charge in [-0.05, 0) is 37.6 Å². The van der Waals surface area contributed by atoms with E-state index in [1.54, 1.807) is 13.0 Å². The van der Waals surface area contributed by atoms with Gasteiger partial charge >= 0.3 is 0 Å². The van der Waals surface area contributed by atoms with Crippen LogP contribution in [0.5, 0.6) is 0 Å². The van der Waals surface area contributed by atoms with Gasteiger partial charge in [-0.2, -0.15) is 0 Å². The van der Waals surface area contributed by atoms with Crippen LogP contribution in [-0.4, -0.2) is 16.6 Å². The number of thioether (sulfide) groups is 1. The average Bonchev–Trinajstić information content (AvgIpc) is 2.48. The van der Waals surface area contributed by atoms with Crippen molar-refractivity contribution in [3.63, 3.8) is 0 Å². The maximum Gasteiger partial charge on any atom is 0.269 e. The summed E-state index contributed by atoms with van der Waals surface area (Å²) in [6.07, 6.45) is 0. The molecule has 1 amide bonds. The molecule has 2 aromatic rings. The first kappa shape index (κ1) is 16.0. The van der Waals surface area contributed by atoms with E-state index in [1.807, 2.05) is 31.2 Å². The van der Waals surface area contributed by atoms with Crippen molar-refractivity contribution in [2.45, 2.75) is 18.7 Å². The van der Waals surface area contributed by atoms with E-state index in [4.69, 9.17) is 0 Å². The molecule has 0 aliphatic rings. The van der Waals surface area contributed by atoms with Crippen LogP contribution in [-0.2, 0) is 4.79 Å². The second-order valence-electron chi connectivity index (χ2n) is 4.91. The number of nitrogens with one attached hydrogen (secondary N) is 1. The molecular weight excluding hydrogens is 300 g/mol. The van der Waals surface area contributed by atoms with Crippen molar-refractivity contribution < 1.29 is 9.72 Å². The van der Waals surface area contributed by atoms with E-state index in [0.29, 0.717) is 17.0 Å². The summed E-state index contributed by atoms with van der Waals surface area (Å²) >= 11 is 1.45. The van der Waals surface area contributed by atoms with Crippen molar-refractivity contribution in [3.8, 4) is 0 Å². The average molecular weight is 316 g/mol. The van der Waals surface area contributed by atoms with Crippen LogP contribution in [0.3, 0.4) is 0 Å². The van der Waals surface area contributed by atoms with Crippen molar-refractivity contribution in [3.05, 3.63) is 63.7 Å². The number of carbonyl (C=O) groups is 1. The van der Waals surface area contributed by atoms with Crippen molar-refractivity contribution in [1.82, 2.24) is 0 Å². The van der Waals surface area contributed by atoms with E-state index < -0.39 is 4.92 Å². The standard InChI is InChI=1S/C16H16N2O3S/c1-11-3-6-14(7-4-11)22-10-16(19)17-15-8-5-13(18(20)21)9-12(15)2/h3-9H,10H2,1-2H3,(H,17,19). The SMILES string of the molecule is Cc1ccc(SCC(=O)Nc2ccc([N+](=O)[O-])cc2C)cc1. The molecule has 0 aromatic heterocycles. The van der Waals surface area contributed by atoms with Crippen LogP contribution in [0.15, 0.2) is 47.4 Å². The first-order valence-electron chi connectivity index (χ1n) is 6.70. The lowest BCUT2D eigenvalue weighted by Crippen LogP contribution is -2.14. The summed E-state index contributed by atoms with van der Waals surface area (Å²) in [5, 5.41) is 13.5. The molecule has 114 valence electrons. The molecule has 0 bridgehead atoms.